The molecule has 0 spiro atoms. The molecule has 1 aromatic rings. The molecule has 110 valence electrons. The molecule has 1 heterocycles. The van der Waals surface area contributed by atoms with E-state index in [4.69, 9.17) is 15.2 Å². The summed E-state index contributed by atoms with van der Waals surface area (Å²) >= 11 is 0. The van der Waals surface area contributed by atoms with Crippen LogP contribution in [-0.2, 0) is 9.53 Å². The third-order valence-electron chi connectivity index (χ3n) is 3.34. The highest BCUT2D eigenvalue weighted by Gasteiger charge is 2.17. The minimum atomic E-state index is 0.0625. The van der Waals surface area contributed by atoms with Gasteiger partial charge in [0.15, 0.2) is 0 Å². The number of nitrogens with one attached hydrogen (secondary N) is 1. The fourth-order valence-corrected chi connectivity index (χ4v) is 2.24. The highest BCUT2D eigenvalue weighted by Crippen LogP contribution is 2.20. The Labute approximate surface area is 119 Å². The minimum absolute atomic E-state index is 0.0625. The lowest BCUT2D eigenvalue weighted by Gasteiger charge is -2.21. The third kappa shape index (κ3) is 4.83. The van der Waals surface area contributed by atoms with Gasteiger partial charge in [0.05, 0.1) is 0 Å². The number of ether oxygens (including phenoxy) is 2. The summed E-state index contributed by atoms with van der Waals surface area (Å²) in [5.74, 6) is 1.27. The van der Waals surface area contributed by atoms with Gasteiger partial charge in [0.1, 0.15) is 12.4 Å². The molecular weight excluding hydrogens is 256 g/mol. The molecule has 1 aromatic carbocycles. The Kier molecular flexibility index (Phi) is 5.83. The van der Waals surface area contributed by atoms with Gasteiger partial charge in [-0.2, -0.15) is 0 Å². The van der Waals surface area contributed by atoms with Gasteiger partial charge < -0.3 is 20.5 Å². The minimum Gasteiger partial charge on any atom is -0.492 e. The zero-order valence-electron chi connectivity index (χ0n) is 11.6. The summed E-state index contributed by atoms with van der Waals surface area (Å²) in [4.78, 5) is 11.9. The average molecular weight is 278 g/mol. The van der Waals surface area contributed by atoms with E-state index in [0.717, 1.165) is 37.5 Å². The molecule has 0 atom stereocenters. The first-order chi connectivity index (χ1) is 9.78. The lowest BCUT2D eigenvalue weighted by Crippen LogP contribution is -2.22. The molecule has 0 saturated carbocycles. The van der Waals surface area contributed by atoms with E-state index < -0.39 is 0 Å². The maximum atomic E-state index is 11.9. The van der Waals surface area contributed by atoms with Gasteiger partial charge in [-0.25, -0.2) is 0 Å². The molecule has 1 aliphatic heterocycles. The van der Waals surface area contributed by atoms with Crippen LogP contribution in [0.4, 0.5) is 5.69 Å². The van der Waals surface area contributed by atoms with Gasteiger partial charge in [0.2, 0.25) is 5.91 Å². The summed E-state index contributed by atoms with van der Waals surface area (Å²) in [5.41, 5.74) is 6.16. The van der Waals surface area contributed by atoms with Crippen molar-refractivity contribution in [1.82, 2.24) is 0 Å². The van der Waals surface area contributed by atoms with E-state index in [1.54, 1.807) is 0 Å². The Morgan fingerprint density at radius 1 is 1.30 bits per heavy atom. The molecule has 0 radical (unpaired) electrons. The Hall–Kier alpha value is -1.59. The van der Waals surface area contributed by atoms with E-state index in [1.165, 1.54) is 0 Å². The number of carbonyl (C=O) groups is 1. The zero-order valence-corrected chi connectivity index (χ0v) is 11.6. The Morgan fingerprint density at radius 2 is 2.00 bits per heavy atom. The van der Waals surface area contributed by atoms with Crippen molar-refractivity contribution in [2.45, 2.75) is 19.3 Å². The van der Waals surface area contributed by atoms with Crippen LogP contribution in [0.3, 0.4) is 0 Å². The quantitative estimate of drug-likeness (QED) is 0.832. The van der Waals surface area contributed by atoms with E-state index in [-0.39, 0.29) is 5.91 Å². The van der Waals surface area contributed by atoms with E-state index >= 15 is 0 Å². The van der Waals surface area contributed by atoms with Gasteiger partial charge in [-0.1, -0.05) is 0 Å². The van der Waals surface area contributed by atoms with Crippen molar-refractivity contribution in [3.63, 3.8) is 0 Å². The van der Waals surface area contributed by atoms with Crippen molar-refractivity contribution < 1.29 is 14.3 Å². The lowest BCUT2D eigenvalue weighted by atomic mass is 9.96. The van der Waals surface area contributed by atoms with Crippen molar-refractivity contribution in [3.05, 3.63) is 24.3 Å². The van der Waals surface area contributed by atoms with Crippen LogP contribution in [0.15, 0.2) is 24.3 Å². The number of anilines is 1. The molecule has 5 heteroatoms. The molecule has 0 bridgehead atoms. The van der Waals surface area contributed by atoms with Crippen LogP contribution in [0.2, 0.25) is 0 Å². The first-order valence-corrected chi connectivity index (χ1v) is 7.08. The van der Waals surface area contributed by atoms with Gasteiger partial charge in [0, 0.05) is 31.9 Å². The fraction of sp³-hybridized carbons (Fsp3) is 0.533. The standard InChI is InChI=1S/C15H22N2O3/c16-7-10-20-14-3-1-13(2-4-14)17-15(18)11-12-5-8-19-9-6-12/h1-4,12H,5-11,16H2,(H,17,18). The second-order valence-electron chi connectivity index (χ2n) is 4.97. The second kappa shape index (κ2) is 7.87. The van der Waals surface area contributed by atoms with Crippen LogP contribution in [0.1, 0.15) is 19.3 Å². The normalized spacial score (nSPS) is 15.8. The SMILES string of the molecule is NCCOc1ccc(NC(=O)CC2CCOCC2)cc1. The summed E-state index contributed by atoms with van der Waals surface area (Å²) < 4.78 is 10.7. The Morgan fingerprint density at radius 3 is 2.65 bits per heavy atom. The van der Waals surface area contributed by atoms with E-state index in [0.29, 0.717) is 25.5 Å². The van der Waals surface area contributed by atoms with E-state index in [1.807, 2.05) is 24.3 Å². The van der Waals surface area contributed by atoms with Crippen LogP contribution >= 0.6 is 0 Å². The number of hydrogen-bond donors (Lipinski definition) is 2. The maximum Gasteiger partial charge on any atom is 0.224 e. The molecule has 1 aliphatic rings. The summed E-state index contributed by atoms with van der Waals surface area (Å²) in [5, 5.41) is 2.91. The van der Waals surface area contributed by atoms with Crippen molar-refractivity contribution >= 4 is 11.6 Å². The molecule has 1 fully saturated rings. The van der Waals surface area contributed by atoms with Crippen LogP contribution in [0, 0.1) is 5.92 Å². The number of nitrogens with two attached hydrogens (primary N) is 1. The zero-order chi connectivity index (χ0) is 14.2. The summed E-state index contributed by atoms with van der Waals surface area (Å²) in [6, 6.07) is 7.35. The number of amides is 1. The molecule has 2 rings (SSSR count). The molecule has 20 heavy (non-hydrogen) atoms. The van der Waals surface area contributed by atoms with Crippen molar-refractivity contribution in [3.8, 4) is 5.75 Å². The first-order valence-electron chi connectivity index (χ1n) is 7.08. The van der Waals surface area contributed by atoms with Gasteiger partial charge in [-0.15, -0.1) is 0 Å². The van der Waals surface area contributed by atoms with Crippen LogP contribution < -0.4 is 15.8 Å². The van der Waals surface area contributed by atoms with E-state index in [9.17, 15) is 4.79 Å². The number of hydrogen-bond acceptors (Lipinski definition) is 4. The first kappa shape index (κ1) is 14.8. The summed E-state index contributed by atoms with van der Waals surface area (Å²) in [7, 11) is 0. The van der Waals surface area contributed by atoms with Gasteiger partial charge in [0.25, 0.3) is 0 Å². The molecule has 1 amide bonds. The Balaban J connectivity index is 1.78. The molecule has 0 unspecified atom stereocenters. The third-order valence-corrected chi connectivity index (χ3v) is 3.34. The average Bonchev–Trinajstić information content (AvgIpc) is 2.47. The van der Waals surface area contributed by atoms with Crippen LogP contribution in [-0.4, -0.2) is 32.3 Å². The predicted octanol–water partition coefficient (Wildman–Crippen LogP) is 1.78. The van der Waals surface area contributed by atoms with Gasteiger partial charge in [-0.3, -0.25) is 4.79 Å². The largest absolute Gasteiger partial charge is 0.492 e. The highest BCUT2D eigenvalue weighted by atomic mass is 16.5. The lowest BCUT2D eigenvalue weighted by molar-refractivity contribution is -0.117. The highest BCUT2D eigenvalue weighted by molar-refractivity contribution is 5.90. The number of benzene rings is 1. The molecular formula is C15H22N2O3. The molecule has 3 N–H and O–H groups in total. The van der Waals surface area contributed by atoms with Crippen molar-refractivity contribution in [1.29, 1.82) is 0 Å². The van der Waals surface area contributed by atoms with Gasteiger partial charge >= 0.3 is 0 Å². The number of rotatable bonds is 6. The summed E-state index contributed by atoms with van der Waals surface area (Å²) in [6.07, 6.45) is 2.51. The molecule has 5 nitrogen and oxygen atoms in total. The van der Waals surface area contributed by atoms with Crippen LogP contribution in [0.25, 0.3) is 0 Å². The molecule has 0 aromatic heterocycles. The molecule has 1 saturated heterocycles. The fourth-order valence-electron chi connectivity index (χ4n) is 2.24. The van der Waals surface area contributed by atoms with Crippen molar-refractivity contribution in [2.24, 2.45) is 11.7 Å². The smallest absolute Gasteiger partial charge is 0.224 e. The predicted molar refractivity (Wildman–Crippen MR) is 77.8 cm³/mol. The van der Waals surface area contributed by atoms with E-state index in [2.05, 4.69) is 5.32 Å². The number of carbonyl (C=O) groups excluding carboxylic acids is 1. The maximum absolute atomic E-state index is 11.9. The summed E-state index contributed by atoms with van der Waals surface area (Å²) in [6.45, 7) is 2.52. The molecule has 0 aliphatic carbocycles. The van der Waals surface area contributed by atoms with Crippen LogP contribution in [0.5, 0.6) is 5.75 Å². The Bertz CT molecular complexity index is 414. The topological polar surface area (TPSA) is 73.6 Å². The monoisotopic (exact) mass is 278 g/mol. The van der Waals surface area contributed by atoms with Crippen molar-refractivity contribution in [2.75, 3.05) is 31.7 Å². The van der Waals surface area contributed by atoms with Gasteiger partial charge in [-0.05, 0) is 43.0 Å². The second-order valence-corrected chi connectivity index (χ2v) is 4.97.